The second kappa shape index (κ2) is 38.3. The molecule has 0 radical (unpaired) electrons. The molecule has 0 amide bonds. The van der Waals surface area contributed by atoms with Crippen LogP contribution in [0, 0.1) is 0 Å². The second-order valence-electron chi connectivity index (χ2n) is 23.5. The van der Waals surface area contributed by atoms with Crippen molar-refractivity contribution in [2.75, 3.05) is 46.2 Å². The van der Waals surface area contributed by atoms with Crippen LogP contribution in [0.1, 0.15) is 0 Å². The first-order valence-corrected chi connectivity index (χ1v) is 31.5. The minimum atomic E-state index is -2.46. The van der Waals surface area contributed by atoms with Crippen LogP contribution >= 0.6 is 34.8 Å². The van der Waals surface area contributed by atoms with E-state index in [1.165, 1.54) is 0 Å². The number of hydrogen-bond donors (Lipinski definition) is 18. The summed E-state index contributed by atoms with van der Waals surface area (Å²) in [6.07, 6.45) is -76.1. The van der Waals surface area contributed by atoms with Gasteiger partial charge in [0.15, 0.2) is 44.0 Å². The number of aliphatic hydroxyl groups is 18. The van der Waals surface area contributed by atoms with Gasteiger partial charge in [0, 0.05) is 0 Å². The Morgan fingerprint density at radius 2 is 0.413 bits per heavy atom. The van der Waals surface area contributed by atoms with E-state index in [4.69, 9.17) is 115 Å². The summed E-state index contributed by atoms with van der Waals surface area (Å²) in [5.74, 6) is 0. The molecule has 3 aromatic heterocycles. The Balaban J connectivity index is 0.00000456. The summed E-state index contributed by atoms with van der Waals surface area (Å²) >= 11 is 17.6. The van der Waals surface area contributed by atoms with Crippen molar-refractivity contribution in [2.45, 2.75) is 215 Å². The average Bonchev–Trinajstić information content (AvgIpc) is 0.777. The summed E-state index contributed by atoms with van der Waals surface area (Å²) in [6, 6.07) is -6.08. The van der Waals surface area contributed by atoms with Gasteiger partial charge in [-0.3, -0.25) is 0 Å². The molecule has 47 nitrogen and oxygen atoms in total. The summed E-state index contributed by atoms with van der Waals surface area (Å²) in [6.45, 7) is -7.54. The molecule has 3 aromatic rings. The fourth-order valence-corrected chi connectivity index (χ4v) is 12.4. The molecule has 24 heterocycles. The van der Waals surface area contributed by atoms with Crippen LogP contribution in [0.4, 0.5) is 0 Å². The van der Waals surface area contributed by atoms with E-state index in [0.29, 0.717) is 0 Å². The predicted molar refractivity (Wildman–Crippen MR) is 297 cm³/mol. The molecule has 0 saturated carbocycles. The molecule has 53 heteroatoms. The molecular weight excluding hydrogens is 1520 g/mol. The van der Waals surface area contributed by atoms with E-state index in [0.717, 1.165) is 0 Å². The zero-order valence-corrected chi connectivity index (χ0v) is 62.3. The quantitative estimate of drug-likeness (QED) is 0.0707. The number of aliphatic hydroxyl groups excluding tert-OH is 18. The van der Waals surface area contributed by atoms with Gasteiger partial charge in [-0.15, -0.1) is 0 Å². The fraction of sp³-hybridized carbons (Fsp3) is 0.824. The van der Waals surface area contributed by atoms with E-state index in [2.05, 4.69) is 44.9 Å². The number of ether oxygens (including phenoxy) is 17. The molecule has 21 aliphatic heterocycles. The molecule has 104 heavy (non-hydrogen) atoms. The predicted octanol–water partition coefficient (Wildman–Crippen LogP) is -24.2. The zero-order valence-electron chi connectivity index (χ0n) is 54.0. The molecule has 568 valence electrons. The van der Waals surface area contributed by atoms with Crippen molar-refractivity contribution in [3.05, 3.63) is 15.9 Å². The standard InChI is InChI=1S/C51H70Cl3N9O38.3Na/c52-43-55-46(82)61-49(58-43)85-5-12-33-20(73)27(80)41(93-12)101-35-14(7-87-51-60-45(54)57-48(84)63-51)94-42(28(81)21(35)74)100-34-13(6-86-50-59-44(53)56-47(83)62-50)92-40(26(79)19(34)72)98-32-11(4-67)90-38(24(77)17(32)70)96-30-9(2-65)88-36(22(75)15(30)68)95-29-8(1-64)89-37(23(76)16(29)69)97-31-10(3-66)91-39(99-33)25(78)18(31)71;;;/h8-42,64-81H,1-7H2,(H,55,58,61,82)(H,56,59,62,83)(H,57,60,63,84);;;/q;3*+1/p-3/t8-,9-,10-,11-,12-,13-,14-,15-,16-,17-,18-,19-,20-,21-,22-,23-,24-,25-,26-,27-,28-,29-,30-,31-,32-,33-,34-,35-,36-,37-,38-,39-,40-,41-,42-;;;/m1.../s1. The van der Waals surface area contributed by atoms with Gasteiger partial charge in [-0.2, -0.15) is 29.9 Å². The third-order valence-electron chi connectivity index (χ3n) is 17.1. The summed E-state index contributed by atoms with van der Waals surface area (Å²) in [5.41, 5.74) is 0. The monoisotopic (exact) mass is 1590 g/mol. The number of halogens is 3. The molecule has 21 fully saturated rings. The maximum absolute atomic E-state index is 12.3. The average molecular weight is 1590 g/mol. The Kier molecular flexibility index (Phi) is 32.4. The Morgan fingerprint density at radius 3 is 0.577 bits per heavy atom. The topological polar surface area (TPSA) is 706 Å². The molecule has 0 aromatic carbocycles. The van der Waals surface area contributed by atoms with Crippen LogP contribution in [0.25, 0.3) is 0 Å². The molecule has 0 unspecified atom stereocenters. The third kappa shape index (κ3) is 19.5. The molecular formula is C51H67Cl3N9Na3O38. The largest absolute Gasteiger partial charge is 1.00 e. The third-order valence-corrected chi connectivity index (χ3v) is 17.6. The van der Waals surface area contributed by atoms with Crippen molar-refractivity contribution in [3.63, 3.8) is 0 Å². The van der Waals surface area contributed by atoms with Gasteiger partial charge in [-0.05, 0) is 34.8 Å². The number of rotatable bonds is 13. The Bertz CT molecular complexity index is 3110. The van der Waals surface area contributed by atoms with Crippen LogP contribution in [0.15, 0.2) is 0 Å². The molecule has 0 spiro atoms. The molecule has 14 bridgehead atoms. The minimum absolute atomic E-state index is 0. The van der Waals surface area contributed by atoms with Crippen molar-refractivity contribution >= 4 is 34.8 Å². The van der Waals surface area contributed by atoms with E-state index in [9.17, 15) is 107 Å². The minimum Gasteiger partial charge on any atom is -0.844 e. The Morgan fingerprint density at radius 1 is 0.250 bits per heavy atom. The Labute approximate surface area is 664 Å². The van der Waals surface area contributed by atoms with Crippen LogP contribution in [0.2, 0.25) is 15.9 Å². The van der Waals surface area contributed by atoms with Crippen LogP contribution in [-0.2, 0) is 66.3 Å². The maximum atomic E-state index is 12.3. The molecule has 21 saturated heterocycles. The SMILES string of the molecule is [Na+].[Na+].[Na+].[O-]c1nc(Cl)nc(OC[C@H]2O[C@@H]3O[C@H]4[C@H](O)[C@@H](O)[C@@H](O[C@H]5[C@H](O)[C@@H](O)[C@@H](O[C@H]6[C@H](O)[C@@H](O)[C@@H](O[C@H]7[C@H](O)[C@@H](O)[C@@H](O[C@H]8[C@H](O)[C@@H](O)[C@@H](O[C@H]9[C@H](O)[C@@H](O)[C@@H](O[C@H]2[C@H](O)[C@H]3O)O[C@@H]9CO)O[C@@H]8CO)O[C@@H]7CO)O[C@@H]6CO)O[C@@H]5COc2nc([O-])nc(Cl)n2)O[C@@H]4COc2nc([O-])nc(Cl)n2)n1. The van der Waals surface area contributed by atoms with Gasteiger partial charge < -0.3 is 188 Å². The number of aromatic nitrogens is 9. The van der Waals surface area contributed by atoms with Crippen LogP contribution in [-0.4, -0.2) is 398 Å². The molecule has 18 N–H and O–H groups in total. The van der Waals surface area contributed by atoms with E-state index in [-0.39, 0.29) is 88.7 Å². The van der Waals surface area contributed by atoms with Crippen LogP contribution in [0.3, 0.4) is 0 Å². The molecule has 35 atom stereocenters. The van der Waals surface area contributed by atoms with Gasteiger partial charge in [0.1, 0.15) is 191 Å². The van der Waals surface area contributed by atoms with Crippen LogP contribution in [0.5, 0.6) is 36.1 Å². The number of nitrogens with zero attached hydrogens (tertiary/aromatic N) is 9. The first-order valence-electron chi connectivity index (χ1n) is 30.4. The second-order valence-corrected chi connectivity index (χ2v) is 24.6. The normalized spacial score (nSPS) is 43.5. The smallest absolute Gasteiger partial charge is 0.844 e. The van der Waals surface area contributed by atoms with Crippen molar-refractivity contribution in [1.29, 1.82) is 0 Å². The fourth-order valence-electron chi connectivity index (χ4n) is 12.0. The van der Waals surface area contributed by atoms with Crippen molar-refractivity contribution in [2.24, 2.45) is 0 Å². The van der Waals surface area contributed by atoms with E-state index < -0.39 is 313 Å². The molecule has 0 aliphatic carbocycles. The van der Waals surface area contributed by atoms with E-state index in [1.54, 1.807) is 0 Å². The van der Waals surface area contributed by atoms with Gasteiger partial charge in [0.05, 0.1) is 44.5 Å². The van der Waals surface area contributed by atoms with Gasteiger partial charge in [0.2, 0.25) is 15.9 Å². The van der Waals surface area contributed by atoms with Crippen molar-refractivity contribution in [3.8, 4) is 36.1 Å². The van der Waals surface area contributed by atoms with E-state index >= 15 is 0 Å². The summed E-state index contributed by atoms with van der Waals surface area (Å²) in [7, 11) is 0. The van der Waals surface area contributed by atoms with Crippen molar-refractivity contribution < 1.29 is 276 Å². The summed E-state index contributed by atoms with van der Waals surface area (Å²) in [5, 5.41) is 242. The first-order chi connectivity index (χ1) is 48.1. The first kappa shape index (κ1) is 88.0. The van der Waals surface area contributed by atoms with Gasteiger partial charge in [-0.25, -0.2) is 15.0 Å². The summed E-state index contributed by atoms with van der Waals surface area (Å²) in [4.78, 5) is 31.4. The van der Waals surface area contributed by atoms with E-state index in [1.807, 2.05) is 0 Å². The summed E-state index contributed by atoms with van der Waals surface area (Å²) < 4.78 is 99.2. The van der Waals surface area contributed by atoms with Gasteiger partial charge in [0.25, 0.3) is 0 Å². The van der Waals surface area contributed by atoms with Gasteiger partial charge in [-0.1, -0.05) is 0 Å². The van der Waals surface area contributed by atoms with Crippen LogP contribution < -0.4 is 118 Å². The molecule has 21 aliphatic rings. The molecule has 24 rings (SSSR count). The maximum Gasteiger partial charge on any atom is 1.00 e. The van der Waals surface area contributed by atoms with Gasteiger partial charge >= 0.3 is 107 Å². The Hall–Kier alpha value is -1.58. The zero-order chi connectivity index (χ0) is 72.7. The number of hydrogen-bond acceptors (Lipinski definition) is 47. The van der Waals surface area contributed by atoms with Crippen molar-refractivity contribution in [1.82, 2.24) is 44.9 Å².